The number of carbonyl (C=O) groups is 1. The van der Waals surface area contributed by atoms with E-state index < -0.39 is 30.4 Å². The number of hydrogen-bond acceptors (Lipinski definition) is 5. The van der Waals surface area contributed by atoms with Crippen LogP contribution in [-0.2, 0) is 4.79 Å². The Labute approximate surface area is 179 Å². The van der Waals surface area contributed by atoms with Gasteiger partial charge in [-0.25, -0.2) is 0 Å². The molecule has 172 valence electrons. The largest absolute Gasteiger partial charge is 0.481 e. The molecule has 6 heteroatoms. The first-order valence-electron chi connectivity index (χ1n) is 12.0. The molecule has 0 aliphatic heterocycles. The highest BCUT2D eigenvalue weighted by atomic mass is 16.4. The number of aliphatic hydroxyl groups excluding tert-OH is 4. The molecular weight excluding hydrogens is 384 g/mol. The smallest absolute Gasteiger partial charge is 0.303 e. The van der Waals surface area contributed by atoms with Gasteiger partial charge in [-0.15, -0.1) is 0 Å². The minimum Gasteiger partial charge on any atom is -0.481 e. The van der Waals surface area contributed by atoms with E-state index in [4.69, 9.17) is 5.11 Å². The summed E-state index contributed by atoms with van der Waals surface area (Å²) < 4.78 is 0. The quantitative estimate of drug-likeness (QED) is 0.473. The van der Waals surface area contributed by atoms with Crippen LogP contribution in [-0.4, -0.2) is 55.9 Å². The molecule has 30 heavy (non-hydrogen) atoms. The monoisotopic (exact) mass is 424 g/mol. The second kappa shape index (κ2) is 7.72. The van der Waals surface area contributed by atoms with Gasteiger partial charge < -0.3 is 25.5 Å². The molecule has 4 saturated carbocycles. The van der Waals surface area contributed by atoms with Crippen molar-refractivity contribution in [2.75, 3.05) is 0 Å². The molecule has 5 N–H and O–H groups in total. The van der Waals surface area contributed by atoms with Crippen molar-refractivity contribution in [2.24, 2.45) is 46.3 Å². The second-order valence-electron chi connectivity index (χ2n) is 11.5. The second-order valence-corrected chi connectivity index (χ2v) is 11.5. The number of carboxylic acid groups (broad SMARTS) is 1. The molecule has 1 unspecified atom stereocenters. The van der Waals surface area contributed by atoms with Gasteiger partial charge in [0, 0.05) is 6.42 Å². The lowest BCUT2D eigenvalue weighted by atomic mass is 9.42. The molecule has 4 rings (SSSR count). The van der Waals surface area contributed by atoms with Crippen molar-refractivity contribution in [3.63, 3.8) is 0 Å². The number of rotatable bonds is 4. The van der Waals surface area contributed by atoms with Crippen LogP contribution in [0.5, 0.6) is 0 Å². The van der Waals surface area contributed by atoms with E-state index in [0.29, 0.717) is 25.7 Å². The van der Waals surface area contributed by atoms with E-state index in [1.54, 1.807) is 0 Å². The number of fused-ring (bicyclic) bond motifs is 5. The molecule has 4 fully saturated rings. The molecule has 4 aliphatic rings. The molecule has 0 spiro atoms. The molecule has 4 aliphatic carbocycles. The highest BCUT2D eigenvalue weighted by molar-refractivity contribution is 5.66. The zero-order valence-electron chi connectivity index (χ0n) is 18.6. The average Bonchev–Trinajstić information content (AvgIpc) is 3.05. The van der Waals surface area contributed by atoms with Crippen molar-refractivity contribution in [1.29, 1.82) is 0 Å². The minimum atomic E-state index is -0.839. The highest BCUT2D eigenvalue weighted by Gasteiger charge is 2.67. The summed E-state index contributed by atoms with van der Waals surface area (Å²) in [5.74, 6) is -0.299. The molecule has 0 heterocycles. The first-order valence-corrected chi connectivity index (χ1v) is 12.0. The van der Waals surface area contributed by atoms with Gasteiger partial charge in [0.05, 0.1) is 24.4 Å². The van der Waals surface area contributed by atoms with Crippen LogP contribution < -0.4 is 0 Å². The van der Waals surface area contributed by atoms with Crippen molar-refractivity contribution < 1.29 is 30.3 Å². The van der Waals surface area contributed by atoms with Gasteiger partial charge in [0.15, 0.2) is 0 Å². The SMILES string of the molecule is CC(CCC(=O)O)[C@H]1CC[C@H]2[C@@H]3[C@H](O)[C@H](O)[C@@H]4C[C@H](O)CC[C@]4(C)[C@H]3C[C@H](O)[C@]12C. The fourth-order valence-electron chi connectivity index (χ4n) is 8.72. The number of hydrogen-bond donors (Lipinski definition) is 5. The third-order valence-corrected chi connectivity index (χ3v) is 10.4. The first kappa shape index (κ1) is 22.5. The zero-order chi connectivity index (χ0) is 22.0. The summed E-state index contributed by atoms with van der Waals surface area (Å²) in [6.07, 6.45) is 2.67. The van der Waals surface area contributed by atoms with Gasteiger partial charge >= 0.3 is 5.97 Å². The number of carboxylic acids is 1. The van der Waals surface area contributed by atoms with Crippen LogP contribution in [0.1, 0.15) is 72.1 Å². The van der Waals surface area contributed by atoms with E-state index in [-0.39, 0.29) is 52.8 Å². The summed E-state index contributed by atoms with van der Waals surface area (Å²) in [5, 5.41) is 53.1. The first-order chi connectivity index (χ1) is 14.0. The van der Waals surface area contributed by atoms with Crippen molar-refractivity contribution in [3.8, 4) is 0 Å². The third kappa shape index (κ3) is 3.16. The Hall–Kier alpha value is -0.690. The molecule has 0 aromatic rings. The zero-order valence-corrected chi connectivity index (χ0v) is 18.6. The Bertz CT molecular complexity index is 668. The molecule has 0 aromatic heterocycles. The standard InChI is InChI=1S/C24H40O6/c1-12(4-7-19(27)28)14-5-6-15-20-16(11-18(26)24(14,15)3)23(2)9-8-13(25)10-17(23)21(29)22(20)30/h12-18,20-22,25-26,29-30H,4-11H2,1-3H3,(H,27,28)/t12?,13-,14-,15+,16+,17+,18+,20+,21-,22+,23-,24-/m1/s1. The van der Waals surface area contributed by atoms with Crippen LogP contribution in [0.25, 0.3) is 0 Å². The Balaban J connectivity index is 1.64. The lowest BCUT2D eigenvalue weighted by Crippen LogP contribution is -2.66. The van der Waals surface area contributed by atoms with Crippen LogP contribution >= 0.6 is 0 Å². The van der Waals surface area contributed by atoms with Crippen molar-refractivity contribution in [3.05, 3.63) is 0 Å². The van der Waals surface area contributed by atoms with Gasteiger partial charge in [0.25, 0.3) is 0 Å². The summed E-state index contributed by atoms with van der Waals surface area (Å²) in [7, 11) is 0. The van der Waals surface area contributed by atoms with E-state index in [9.17, 15) is 25.2 Å². The van der Waals surface area contributed by atoms with Gasteiger partial charge in [-0.2, -0.15) is 0 Å². The van der Waals surface area contributed by atoms with E-state index in [2.05, 4.69) is 20.8 Å². The molecule has 0 saturated heterocycles. The van der Waals surface area contributed by atoms with E-state index in [0.717, 1.165) is 19.3 Å². The highest BCUT2D eigenvalue weighted by Crippen LogP contribution is 2.68. The van der Waals surface area contributed by atoms with Crippen molar-refractivity contribution in [1.82, 2.24) is 0 Å². The normalized spacial score (nSPS) is 54.0. The molecule has 0 aromatic carbocycles. The summed E-state index contributed by atoms with van der Waals surface area (Å²) >= 11 is 0. The van der Waals surface area contributed by atoms with Crippen molar-refractivity contribution in [2.45, 2.75) is 96.6 Å². The van der Waals surface area contributed by atoms with Crippen LogP contribution in [0.3, 0.4) is 0 Å². The van der Waals surface area contributed by atoms with Gasteiger partial charge in [-0.05, 0) is 91.3 Å². The Morgan fingerprint density at radius 1 is 0.967 bits per heavy atom. The van der Waals surface area contributed by atoms with Gasteiger partial charge in [0.2, 0.25) is 0 Å². The van der Waals surface area contributed by atoms with Crippen LogP contribution in [0.2, 0.25) is 0 Å². The van der Waals surface area contributed by atoms with Crippen LogP contribution in [0.4, 0.5) is 0 Å². The molecule has 12 atom stereocenters. The predicted octanol–water partition coefficient (Wildman–Crippen LogP) is 2.42. The number of aliphatic hydroxyl groups is 4. The van der Waals surface area contributed by atoms with E-state index in [1.807, 2.05) is 0 Å². The lowest BCUT2D eigenvalue weighted by molar-refractivity contribution is -0.243. The Morgan fingerprint density at radius 3 is 2.33 bits per heavy atom. The number of aliphatic carboxylic acids is 1. The van der Waals surface area contributed by atoms with Crippen molar-refractivity contribution >= 4 is 5.97 Å². The Kier molecular flexibility index (Phi) is 5.79. The Morgan fingerprint density at radius 2 is 1.67 bits per heavy atom. The average molecular weight is 425 g/mol. The summed E-state index contributed by atoms with van der Waals surface area (Å²) in [5.41, 5.74) is -0.547. The lowest BCUT2D eigenvalue weighted by Gasteiger charge is -2.64. The maximum absolute atomic E-state index is 11.5. The van der Waals surface area contributed by atoms with E-state index >= 15 is 0 Å². The molecular formula is C24H40O6. The predicted molar refractivity (Wildman–Crippen MR) is 111 cm³/mol. The maximum atomic E-state index is 11.5. The van der Waals surface area contributed by atoms with Gasteiger partial charge in [-0.3, -0.25) is 4.79 Å². The molecule has 0 bridgehead atoms. The fraction of sp³-hybridized carbons (Fsp3) is 0.958. The third-order valence-electron chi connectivity index (χ3n) is 10.4. The summed E-state index contributed by atoms with van der Waals surface area (Å²) in [6.45, 7) is 6.45. The fourth-order valence-corrected chi connectivity index (χ4v) is 8.72. The molecule has 0 radical (unpaired) electrons. The van der Waals surface area contributed by atoms with E-state index in [1.165, 1.54) is 0 Å². The topological polar surface area (TPSA) is 118 Å². The van der Waals surface area contributed by atoms with Crippen LogP contribution in [0.15, 0.2) is 0 Å². The maximum Gasteiger partial charge on any atom is 0.303 e. The minimum absolute atomic E-state index is 0.0541. The summed E-state index contributed by atoms with van der Waals surface area (Å²) in [6, 6.07) is 0. The molecule has 6 nitrogen and oxygen atoms in total. The van der Waals surface area contributed by atoms with Crippen LogP contribution in [0, 0.1) is 46.3 Å². The molecule has 0 amide bonds. The summed E-state index contributed by atoms with van der Waals surface area (Å²) in [4.78, 5) is 11.1. The van der Waals surface area contributed by atoms with Gasteiger partial charge in [-0.1, -0.05) is 20.8 Å². The van der Waals surface area contributed by atoms with Gasteiger partial charge in [0.1, 0.15) is 0 Å².